The van der Waals surface area contributed by atoms with E-state index in [1.54, 1.807) is 0 Å². The van der Waals surface area contributed by atoms with E-state index in [4.69, 9.17) is 5.73 Å². The largest absolute Gasteiger partial charge is 0.321 e. The number of benzene rings is 1. The first-order valence-electron chi connectivity index (χ1n) is 5.35. The molecule has 0 radical (unpaired) electrons. The van der Waals surface area contributed by atoms with Crippen LogP contribution >= 0.6 is 0 Å². The lowest BCUT2D eigenvalue weighted by atomic mass is 10.00. The number of nitrogens with zero attached hydrogens (tertiary/aromatic N) is 1. The number of nitrogens with two attached hydrogens (primary N) is 1. The number of hydrogen-bond donors (Lipinski definition) is 1. The minimum atomic E-state index is -0.0761. The SMILES string of the molecule is Cc1cc(C2(N)CC2)c2ccccc2n1. The summed E-state index contributed by atoms with van der Waals surface area (Å²) in [6.07, 6.45) is 2.20. The Morgan fingerprint density at radius 2 is 2.00 bits per heavy atom. The van der Waals surface area contributed by atoms with Crippen LogP contribution < -0.4 is 5.73 Å². The highest BCUT2D eigenvalue weighted by Gasteiger charge is 2.41. The van der Waals surface area contributed by atoms with Gasteiger partial charge in [0, 0.05) is 16.6 Å². The lowest BCUT2D eigenvalue weighted by molar-refractivity contribution is 0.745. The third kappa shape index (κ3) is 1.33. The van der Waals surface area contributed by atoms with E-state index >= 15 is 0 Å². The first-order chi connectivity index (χ1) is 7.19. The fraction of sp³-hybridized carbons (Fsp3) is 0.308. The van der Waals surface area contributed by atoms with Gasteiger partial charge in [0.05, 0.1) is 5.52 Å². The molecule has 0 unspecified atom stereocenters. The van der Waals surface area contributed by atoms with Crippen LogP contribution in [0.3, 0.4) is 0 Å². The molecule has 1 saturated carbocycles. The first-order valence-corrected chi connectivity index (χ1v) is 5.35. The van der Waals surface area contributed by atoms with Crippen molar-refractivity contribution in [2.45, 2.75) is 25.3 Å². The highest BCUT2D eigenvalue weighted by molar-refractivity contribution is 5.83. The maximum atomic E-state index is 6.28. The molecule has 2 heteroatoms. The number of pyridine rings is 1. The molecule has 76 valence electrons. The van der Waals surface area contributed by atoms with Crippen molar-refractivity contribution in [3.63, 3.8) is 0 Å². The Bertz CT molecular complexity index is 527. The molecule has 0 bridgehead atoms. The lowest BCUT2D eigenvalue weighted by Gasteiger charge is -2.13. The monoisotopic (exact) mass is 198 g/mol. The van der Waals surface area contributed by atoms with Crippen molar-refractivity contribution in [3.8, 4) is 0 Å². The summed E-state index contributed by atoms with van der Waals surface area (Å²) in [5, 5.41) is 1.21. The second-order valence-electron chi connectivity index (χ2n) is 4.48. The predicted molar refractivity (Wildman–Crippen MR) is 61.6 cm³/mol. The second-order valence-corrected chi connectivity index (χ2v) is 4.48. The van der Waals surface area contributed by atoms with Gasteiger partial charge in [-0.15, -0.1) is 0 Å². The van der Waals surface area contributed by atoms with Crippen LogP contribution in [0.15, 0.2) is 30.3 Å². The predicted octanol–water partition coefficient (Wildman–Crippen LogP) is 2.49. The average molecular weight is 198 g/mol. The van der Waals surface area contributed by atoms with Gasteiger partial charge in [-0.05, 0) is 37.5 Å². The molecule has 3 rings (SSSR count). The Labute approximate surface area is 89.1 Å². The molecule has 0 aliphatic heterocycles. The molecular weight excluding hydrogens is 184 g/mol. The lowest BCUT2D eigenvalue weighted by Crippen LogP contribution is -2.19. The molecule has 2 N–H and O–H groups in total. The van der Waals surface area contributed by atoms with E-state index < -0.39 is 0 Å². The summed E-state index contributed by atoms with van der Waals surface area (Å²) in [6.45, 7) is 2.03. The number of para-hydroxylation sites is 1. The summed E-state index contributed by atoms with van der Waals surface area (Å²) in [6, 6.07) is 10.4. The molecule has 1 aliphatic carbocycles. The second kappa shape index (κ2) is 2.80. The summed E-state index contributed by atoms with van der Waals surface area (Å²) >= 11 is 0. The van der Waals surface area contributed by atoms with Crippen LogP contribution in [0.1, 0.15) is 24.1 Å². The van der Waals surface area contributed by atoms with E-state index in [0.717, 1.165) is 24.1 Å². The molecule has 0 saturated heterocycles. The Hall–Kier alpha value is -1.41. The third-order valence-electron chi connectivity index (χ3n) is 3.17. The van der Waals surface area contributed by atoms with Gasteiger partial charge in [0.1, 0.15) is 0 Å². The molecule has 0 spiro atoms. The van der Waals surface area contributed by atoms with Crippen LogP contribution in [0.25, 0.3) is 10.9 Å². The number of aryl methyl sites for hydroxylation is 1. The van der Waals surface area contributed by atoms with Gasteiger partial charge < -0.3 is 5.73 Å². The zero-order chi connectivity index (χ0) is 10.5. The van der Waals surface area contributed by atoms with Gasteiger partial charge in [0.15, 0.2) is 0 Å². The van der Waals surface area contributed by atoms with E-state index in [-0.39, 0.29) is 5.54 Å². The standard InChI is InChI=1S/C13H14N2/c1-9-8-11(13(14)6-7-13)10-4-2-3-5-12(10)15-9/h2-5,8H,6-7,14H2,1H3. The summed E-state index contributed by atoms with van der Waals surface area (Å²) in [4.78, 5) is 4.52. The van der Waals surface area contributed by atoms with Crippen LogP contribution in [0.4, 0.5) is 0 Å². The Morgan fingerprint density at radius 3 is 2.73 bits per heavy atom. The zero-order valence-corrected chi connectivity index (χ0v) is 8.83. The molecule has 2 nitrogen and oxygen atoms in total. The van der Waals surface area contributed by atoms with Crippen LogP contribution in [-0.4, -0.2) is 4.98 Å². The van der Waals surface area contributed by atoms with Gasteiger partial charge >= 0.3 is 0 Å². The summed E-state index contributed by atoms with van der Waals surface area (Å²) < 4.78 is 0. The molecule has 15 heavy (non-hydrogen) atoms. The number of aromatic nitrogens is 1. The smallest absolute Gasteiger partial charge is 0.0708 e. The van der Waals surface area contributed by atoms with Crippen molar-refractivity contribution in [2.24, 2.45) is 5.73 Å². The maximum absolute atomic E-state index is 6.28. The highest BCUT2D eigenvalue weighted by atomic mass is 14.8. The van der Waals surface area contributed by atoms with Crippen molar-refractivity contribution in [2.75, 3.05) is 0 Å². The molecular formula is C13H14N2. The van der Waals surface area contributed by atoms with E-state index in [9.17, 15) is 0 Å². The summed E-state index contributed by atoms with van der Waals surface area (Å²) in [7, 11) is 0. The molecule has 2 aromatic rings. The Kier molecular flexibility index (Phi) is 1.65. The van der Waals surface area contributed by atoms with E-state index in [0.29, 0.717) is 0 Å². The third-order valence-corrected chi connectivity index (χ3v) is 3.17. The topological polar surface area (TPSA) is 38.9 Å². The van der Waals surface area contributed by atoms with E-state index in [1.165, 1.54) is 10.9 Å². The molecule has 1 fully saturated rings. The number of hydrogen-bond acceptors (Lipinski definition) is 2. The van der Waals surface area contributed by atoms with Gasteiger partial charge in [-0.2, -0.15) is 0 Å². The van der Waals surface area contributed by atoms with E-state index in [2.05, 4.69) is 29.2 Å². The zero-order valence-electron chi connectivity index (χ0n) is 8.83. The minimum absolute atomic E-state index is 0.0761. The minimum Gasteiger partial charge on any atom is -0.321 e. The van der Waals surface area contributed by atoms with Crippen LogP contribution in [0.5, 0.6) is 0 Å². The van der Waals surface area contributed by atoms with Gasteiger partial charge in [-0.25, -0.2) is 0 Å². The summed E-state index contributed by atoms with van der Waals surface area (Å²) in [5.41, 5.74) is 9.58. The van der Waals surface area contributed by atoms with Gasteiger partial charge in [-0.1, -0.05) is 18.2 Å². The van der Waals surface area contributed by atoms with Gasteiger partial charge in [-0.3, -0.25) is 4.98 Å². The van der Waals surface area contributed by atoms with E-state index in [1.807, 2.05) is 13.0 Å². The molecule has 0 atom stereocenters. The Morgan fingerprint density at radius 1 is 1.27 bits per heavy atom. The molecule has 1 heterocycles. The normalized spacial score (nSPS) is 18.0. The fourth-order valence-corrected chi connectivity index (χ4v) is 2.12. The van der Waals surface area contributed by atoms with Crippen molar-refractivity contribution in [1.82, 2.24) is 4.98 Å². The Balaban J connectivity index is 2.36. The average Bonchev–Trinajstić information content (AvgIpc) is 2.96. The summed E-state index contributed by atoms with van der Waals surface area (Å²) in [5.74, 6) is 0. The molecule has 1 aromatic heterocycles. The first kappa shape index (κ1) is 8.86. The highest BCUT2D eigenvalue weighted by Crippen LogP contribution is 2.45. The van der Waals surface area contributed by atoms with Crippen molar-refractivity contribution >= 4 is 10.9 Å². The number of fused-ring (bicyclic) bond motifs is 1. The molecule has 0 amide bonds. The fourth-order valence-electron chi connectivity index (χ4n) is 2.12. The maximum Gasteiger partial charge on any atom is 0.0708 e. The van der Waals surface area contributed by atoms with Crippen molar-refractivity contribution in [3.05, 3.63) is 41.6 Å². The van der Waals surface area contributed by atoms with Crippen molar-refractivity contribution < 1.29 is 0 Å². The quantitative estimate of drug-likeness (QED) is 0.764. The van der Waals surface area contributed by atoms with Gasteiger partial charge in [0.2, 0.25) is 0 Å². The number of rotatable bonds is 1. The molecule has 1 aliphatic rings. The van der Waals surface area contributed by atoms with Crippen LogP contribution in [0.2, 0.25) is 0 Å². The van der Waals surface area contributed by atoms with Crippen LogP contribution in [0, 0.1) is 6.92 Å². The van der Waals surface area contributed by atoms with Crippen molar-refractivity contribution in [1.29, 1.82) is 0 Å². The van der Waals surface area contributed by atoms with Gasteiger partial charge in [0.25, 0.3) is 0 Å². The van der Waals surface area contributed by atoms with Crippen LogP contribution in [-0.2, 0) is 5.54 Å². The molecule has 1 aromatic carbocycles.